The van der Waals surface area contributed by atoms with Crippen molar-refractivity contribution in [3.05, 3.63) is 77.4 Å². The number of rotatable bonds is 11. The highest BCUT2D eigenvalue weighted by atomic mass is 32.2. The first kappa shape index (κ1) is 29.6. The molecule has 212 valence electrons. The highest BCUT2D eigenvalue weighted by molar-refractivity contribution is 8.00. The molecule has 0 spiro atoms. The molecule has 0 bridgehead atoms. The van der Waals surface area contributed by atoms with E-state index < -0.39 is 17.2 Å². The smallest absolute Gasteiger partial charge is 0.493 e. The van der Waals surface area contributed by atoms with Gasteiger partial charge in [0.05, 0.1) is 14.2 Å². The van der Waals surface area contributed by atoms with E-state index in [1.165, 1.54) is 5.56 Å². The van der Waals surface area contributed by atoms with Gasteiger partial charge in [0.2, 0.25) is 0 Å². The fourth-order valence-corrected chi connectivity index (χ4v) is 6.89. The van der Waals surface area contributed by atoms with E-state index in [9.17, 15) is 13.2 Å². The van der Waals surface area contributed by atoms with E-state index >= 15 is 0 Å². The van der Waals surface area contributed by atoms with Crippen molar-refractivity contribution in [1.29, 1.82) is 0 Å². The zero-order chi connectivity index (χ0) is 28.0. The lowest BCUT2D eigenvalue weighted by Gasteiger charge is -2.47. The molecular weight excluding hydrogens is 523 g/mol. The summed E-state index contributed by atoms with van der Waals surface area (Å²) in [5.74, 6) is 0.830. The van der Waals surface area contributed by atoms with E-state index in [0.717, 1.165) is 66.4 Å². The number of hydrogen-bond acceptors (Lipinski definition) is 5. The van der Waals surface area contributed by atoms with Crippen molar-refractivity contribution in [3.63, 3.8) is 0 Å². The van der Waals surface area contributed by atoms with Gasteiger partial charge in [-0.25, -0.2) is 0 Å². The molecule has 8 heteroatoms. The average Bonchev–Trinajstić information content (AvgIpc) is 2.91. The van der Waals surface area contributed by atoms with Gasteiger partial charge < -0.3 is 9.47 Å². The van der Waals surface area contributed by atoms with E-state index in [-0.39, 0.29) is 6.04 Å². The maximum absolute atomic E-state index is 14.1. The molecule has 0 aromatic heterocycles. The summed E-state index contributed by atoms with van der Waals surface area (Å²) in [7, 11) is 3.24. The van der Waals surface area contributed by atoms with Crippen LogP contribution in [0.1, 0.15) is 49.3 Å². The molecule has 2 aromatic rings. The third-order valence-corrected chi connectivity index (χ3v) is 8.85. The largest absolute Gasteiger partial charge is 0.524 e. The van der Waals surface area contributed by atoms with Gasteiger partial charge in [0.25, 0.3) is 0 Å². The van der Waals surface area contributed by atoms with Gasteiger partial charge in [0.1, 0.15) is 0 Å². The Kier molecular flexibility index (Phi) is 9.73. The Morgan fingerprint density at radius 1 is 1.03 bits per heavy atom. The lowest BCUT2D eigenvalue weighted by Crippen LogP contribution is -2.52. The zero-order valence-electron chi connectivity index (χ0n) is 23.1. The molecular formula is C31H38F3NO3S. The van der Waals surface area contributed by atoms with Crippen LogP contribution in [-0.4, -0.2) is 43.0 Å². The number of methoxy groups -OCH3 is 2. The molecule has 2 aromatic carbocycles. The molecule has 0 radical (unpaired) electrons. The number of halogens is 3. The van der Waals surface area contributed by atoms with E-state index in [2.05, 4.69) is 11.8 Å². The Morgan fingerprint density at radius 2 is 1.72 bits per heavy atom. The third-order valence-electron chi connectivity index (χ3n) is 7.53. The van der Waals surface area contributed by atoms with Crippen LogP contribution in [0.2, 0.25) is 0 Å². The standard InChI is InChI=1S/C31H38F3NO3S/c1-5-6-7-11-27(35-18-16-23-19-28(36-3)29(37-4)20-24(23)21-35)26-10-8-9-17-30(26,38-31(32,33)34)39-25-14-12-22(2)13-15-25/h8-10,12-15,17,19-20,26-27H,5-7,11,16,18,21H2,1-4H3. The lowest BCUT2D eigenvalue weighted by molar-refractivity contribution is -0.348. The van der Waals surface area contributed by atoms with Gasteiger partial charge in [0.15, 0.2) is 16.4 Å². The van der Waals surface area contributed by atoms with Crippen LogP contribution >= 0.6 is 11.8 Å². The van der Waals surface area contributed by atoms with Crippen molar-refractivity contribution in [2.75, 3.05) is 20.8 Å². The molecule has 4 nitrogen and oxygen atoms in total. The second kappa shape index (κ2) is 12.8. The number of benzene rings is 2. The summed E-state index contributed by atoms with van der Waals surface area (Å²) < 4.78 is 58.3. The summed E-state index contributed by atoms with van der Waals surface area (Å²) in [5.41, 5.74) is 3.35. The van der Waals surface area contributed by atoms with Gasteiger partial charge in [0, 0.05) is 29.9 Å². The molecule has 0 saturated heterocycles. The Balaban J connectivity index is 1.72. The van der Waals surface area contributed by atoms with Crippen molar-refractivity contribution < 1.29 is 27.4 Å². The number of nitrogens with zero attached hydrogens (tertiary/aromatic N) is 1. The fraction of sp³-hybridized carbons (Fsp3) is 0.484. The Bertz CT molecular complexity index is 1160. The molecule has 0 saturated carbocycles. The zero-order valence-corrected chi connectivity index (χ0v) is 23.9. The van der Waals surface area contributed by atoms with Crippen LogP contribution in [0.25, 0.3) is 0 Å². The maximum Gasteiger partial charge on any atom is 0.524 e. The van der Waals surface area contributed by atoms with Crippen molar-refractivity contribution >= 4 is 11.8 Å². The number of aryl methyl sites for hydroxylation is 1. The summed E-state index contributed by atoms with van der Waals surface area (Å²) in [6.07, 6.45) is 6.79. The molecule has 39 heavy (non-hydrogen) atoms. The van der Waals surface area contributed by atoms with Gasteiger partial charge in [-0.05, 0) is 61.2 Å². The van der Waals surface area contributed by atoms with Gasteiger partial charge in [-0.15, -0.1) is 13.2 Å². The summed E-state index contributed by atoms with van der Waals surface area (Å²) in [4.78, 5) is 1.45. The van der Waals surface area contributed by atoms with Crippen molar-refractivity contribution in [3.8, 4) is 11.5 Å². The normalized spacial score (nSPS) is 22.0. The van der Waals surface area contributed by atoms with Crippen LogP contribution < -0.4 is 9.47 Å². The second-order valence-electron chi connectivity index (χ2n) is 10.2. The highest BCUT2D eigenvalue weighted by Crippen LogP contribution is 2.50. The van der Waals surface area contributed by atoms with Gasteiger partial charge in [-0.1, -0.05) is 73.9 Å². The fourth-order valence-electron chi connectivity index (χ4n) is 5.59. The molecule has 0 N–H and O–H groups in total. The summed E-state index contributed by atoms with van der Waals surface area (Å²) in [6, 6.07) is 11.4. The quantitative estimate of drug-likeness (QED) is 0.204. The Labute approximate surface area is 234 Å². The molecule has 1 aliphatic heterocycles. The minimum atomic E-state index is -4.79. The second-order valence-corrected chi connectivity index (χ2v) is 11.5. The van der Waals surface area contributed by atoms with Crippen LogP contribution in [0, 0.1) is 12.8 Å². The molecule has 1 aliphatic carbocycles. The van der Waals surface area contributed by atoms with Crippen LogP contribution in [-0.2, 0) is 17.7 Å². The minimum absolute atomic E-state index is 0.153. The number of unbranched alkanes of at least 4 members (excludes halogenated alkanes) is 2. The average molecular weight is 562 g/mol. The third kappa shape index (κ3) is 7.21. The topological polar surface area (TPSA) is 30.9 Å². The molecule has 0 amide bonds. The van der Waals surface area contributed by atoms with E-state index in [0.29, 0.717) is 18.0 Å². The predicted octanol–water partition coefficient (Wildman–Crippen LogP) is 8.09. The van der Waals surface area contributed by atoms with Crippen LogP contribution in [0.3, 0.4) is 0 Å². The lowest BCUT2D eigenvalue weighted by atomic mass is 9.83. The van der Waals surface area contributed by atoms with E-state index in [1.807, 2.05) is 55.5 Å². The number of ether oxygens (including phenoxy) is 3. The van der Waals surface area contributed by atoms with E-state index in [4.69, 9.17) is 14.2 Å². The number of hydrogen-bond donors (Lipinski definition) is 0. The molecule has 4 rings (SSSR count). The van der Waals surface area contributed by atoms with Crippen LogP contribution in [0.15, 0.2) is 65.6 Å². The predicted molar refractivity (Wildman–Crippen MR) is 150 cm³/mol. The van der Waals surface area contributed by atoms with Gasteiger partial charge in [-0.3, -0.25) is 9.64 Å². The number of alkyl halides is 3. The van der Waals surface area contributed by atoms with Crippen molar-refractivity contribution in [1.82, 2.24) is 4.90 Å². The summed E-state index contributed by atoms with van der Waals surface area (Å²) in [5, 5.41) is 0. The summed E-state index contributed by atoms with van der Waals surface area (Å²) >= 11 is 1.14. The minimum Gasteiger partial charge on any atom is -0.493 e. The van der Waals surface area contributed by atoms with E-state index in [1.54, 1.807) is 26.4 Å². The van der Waals surface area contributed by atoms with Crippen LogP contribution in [0.5, 0.6) is 11.5 Å². The number of allylic oxidation sites excluding steroid dienone is 2. The van der Waals surface area contributed by atoms with Gasteiger partial charge >= 0.3 is 6.36 Å². The first-order chi connectivity index (χ1) is 18.7. The Morgan fingerprint density at radius 3 is 2.36 bits per heavy atom. The molecule has 3 atom stereocenters. The molecule has 0 fully saturated rings. The SMILES string of the molecule is CCCCCC(C1C=CC=CC1(OC(F)(F)F)Sc1ccc(C)cc1)N1CCc2cc(OC)c(OC)cc2C1. The molecule has 2 aliphatic rings. The maximum atomic E-state index is 14.1. The number of thioether (sulfide) groups is 1. The molecule has 3 unspecified atom stereocenters. The van der Waals surface area contributed by atoms with Gasteiger partial charge in [-0.2, -0.15) is 0 Å². The number of fused-ring (bicyclic) bond motifs is 1. The monoisotopic (exact) mass is 561 g/mol. The van der Waals surface area contributed by atoms with Crippen molar-refractivity contribution in [2.24, 2.45) is 5.92 Å². The van der Waals surface area contributed by atoms with Crippen LogP contribution in [0.4, 0.5) is 13.2 Å². The van der Waals surface area contributed by atoms with Crippen molar-refractivity contribution in [2.45, 2.75) is 74.7 Å². The Hall–Kier alpha value is -2.42. The molecule has 1 heterocycles. The highest BCUT2D eigenvalue weighted by Gasteiger charge is 2.51. The summed E-state index contributed by atoms with van der Waals surface area (Å²) in [6.45, 7) is 5.47. The first-order valence-corrected chi connectivity index (χ1v) is 14.4. The first-order valence-electron chi connectivity index (χ1n) is 13.5.